The second-order valence-corrected chi connectivity index (χ2v) is 6.10. The van der Waals surface area contributed by atoms with E-state index < -0.39 is 0 Å². The lowest BCUT2D eigenvalue weighted by Gasteiger charge is -2.11. The first-order chi connectivity index (χ1) is 11.5. The zero-order chi connectivity index (χ0) is 17.5. The molecule has 0 unspecified atom stereocenters. The quantitative estimate of drug-likeness (QED) is 0.649. The first-order valence-electron chi connectivity index (χ1n) is 8.09. The Kier molecular flexibility index (Phi) is 6.13. The summed E-state index contributed by atoms with van der Waals surface area (Å²) in [5.74, 6) is 0.611. The number of para-hydroxylation sites is 1. The fourth-order valence-electron chi connectivity index (χ4n) is 2.38. The molecular weight excluding hydrogens is 300 g/mol. The molecule has 0 spiro atoms. The minimum absolute atomic E-state index is 0.0821. The second kappa shape index (κ2) is 8.29. The third kappa shape index (κ3) is 5.23. The zero-order valence-corrected chi connectivity index (χ0v) is 14.7. The summed E-state index contributed by atoms with van der Waals surface area (Å²) in [5, 5.41) is 4.05. The highest BCUT2D eigenvalue weighted by molar-refractivity contribution is 5.85. The molecule has 2 aromatic carbocycles. The number of nitrogens with one attached hydrogen (secondary N) is 1. The molecule has 0 aliphatic carbocycles. The standard InChI is InChI=1S/C20H24N2O2/c1-14(2)24-19-8-6-5-7-18(19)13-21-22-20(23)12-17-10-9-15(3)11-16(17)4/h5-11,13-14H,12H2,1-4H3,(H,22,23)/b21-13+. The Labute approximate surface area is 143 Å². The van der Waals surface area contributed by atoms with Gasteiger partial charge in [-0.15, -0.1) is 0 Å². The molecule has 0 saturated heterocycles. The Bertz CT molecular complexity index is 736. The van der Waals surface area contributed by atoms with Crippen molar-refractivity contribution < 1.29 is 9.53 Å². The van der Waals surface area contributed by atoms with Crippen LogP contribution < -0.4 is 10.2 Å². The van der Waals surface area contributed by atoms with Gasteiger partial charge < -0.3 is 4.74 Å². The van der Waals surface area contributed by atoms with E-state index in [0.717, 1.165) is 22.4 Å². The summed E-state index contributed by atoms with van der Waals surface area (Å²) < 4.78 is 5.72. The maximum atomic E-state index is 12.0. The molecule has 2 rings (SSSR count). The van der Waals surface area contributed by atoms with Crippen LogP contribution in [0.4, 0.5) is 0 Å². The van der Waals surface area contributed by atoms with Gasteiger partial charge in [-0.2, -0.15) is 5.10 Å². The highest BCUT2D eigenvalue weighted by Crippen LogP contribution is 2.17. The molecule has 4 nitrogen and oxygen atoms in total. The molecule has 0 aliphatic rings. The average molecular weight is 324 g/mol. The van der Waals surface area contributed by atoms with Crippen LogP contribution in [-0.4, -0.2) is 18.2 Å². The molecule has 0 aromatic heterocycles. The third-order valence-corrected chi connectivity index (χ3v) is 3.52. The van der Waals surface area contributed by atoms with Gasteiger partial charge in [0.25, 0.3) is 0 Å². The van der Waals surface area contributed by atoms with Crippen molar-refractivity contribution in [3.05, 3.63) is 64.7 Å². The number of carbonyl (C=O) groups is 1. The Morgan fingerprint density at radius 3 is 2.67 bits per heavy atom. The number of benzene rings is 2. The van der Waals surface area contributed by atoms with Crippen LogP contribution in [-0.2, 0) is 11.2 Å². The average Bonchev–Trinajstić information content (AvgIpc) is 2.51. The van der Waals surface area contributed by atoms with Crippen molar-refractivity contribution in [2.24, 2.45) is 5.10 Å². The van der Waals surface area contributed by atoms with Gasteiger partial charge in [0.2, 0.25) is 5.91 Å². The lowest BCUT2D eigenvalue weighted by atomic mass is 10.0. The summed E-state index contributed by atoms with van der Waals surface area (Å²) in [6.45, 7) is 8.00. The number of hydrogen-bond acceptors (Lipinski definition) is 3. The van der Waals surface area contributed by atoms with Crippen LogP contribution in [0.3, 0.4) is 0 Å². The van der Waals surface area contributed by atoms with Gasteiger partial charge in [-0.05, 0) is 51.0 Å². The van der Waals surface area contributed by atoms with Crippen LogP contribution in [0.5, 0.6) is 5.75 Å². The molecule has 0 aliphatic heterocycles. The van der Waals surface area contributed by atoms with E-state index in [2.05, 4.69) is 16.6 Å². The predicted molar refractivity (Wildman–Crippen MR) is 97.6 cm³/mol. The van der Waals surface area contributed by atoms with E-state index in [1.807, 2.05) is 64.1 Å². The maximum Gasteiger partial charge on any atom is 0.244 e. The molecule has 1 amide bonds. The summed E-state index contributed by atoms with van der Waals surface area (Å²) in [4.78, 5) is 12.0. The molecule has 0 radical (unpaired) electrons. The summed E-state index contributed by atoms with van der Waals surface area (Å²) >= 11 is 0. The zero-order valence-electron chi connectivity index (χ0n) is 14.7. The van der Waals surface area contributed by atoms with Crippen LogP contribution in [0, 0.1) is 13.8 Å². The lowest BCUT2D eigenvalue weighted by Crippen LogP contribution is -2.20. The second-order valence-electron chi connectivity index (χ2n) is 6.10. The Balaban J connectivity index is 1.97. The first-order valence-corrected chi connectivity index (χ1v) is 8.09. The highest BCUT2D eigenvalue weighted by Gasteiger charge is 2.06. The van der Waals surface area contributed by atoms with Crippen molar-refractivity contribution in [3.8, 4) is 5.75 Å². The van der Waals surface area contributed by atoms with E-state index in [-0.39, 0.29) is 12.0 Å². The monoisotopic (exact) mass is 324 g/mol. The number of aryl methyl sites for hydroxylation is 2. The topological polar surface area (TPSA) is 50.7 Å². The number of rotatable bonds is 6. The molecule has 24 heavy (non-hydrogen) atoms. The van der Waals surface area contributed by atoms with Gasteiger partial charge in [0.15, 0.2) is 0 Å². The molecule has 0 heterocycles. The van der Waals surface area contributed by atoms with E-state index in [0.29, 0.717) is 6.42 Å². The number of amides is 1. The number of carbonyl (C=O) groups excluding carboxylic acids is 1. The summed E-state index contributed by atoms with van der Waals surface area (Å²) in [6, 6.07) is 13.7. The largest absolute Gasteiger partial charge is 0.490 e. The molecule has 0 fully saturated rings. The fraction of sp³-hybridized carbons (Fsp3) is 0.300. The summed E-state index contributed by atoms with van der Waals surface area (Å²) in [7, 11) is 0. The minimum Gasteiger partial charge on any atom is -0.490 e. The van der Waals surface area contributed by atoms with Crippen LogP contribution in [0.15, 0.2) is 47.6 Å². The smallest absolute Gasteiger partial charge is 0.244 e. The van der Waals surface area contributed by atoms with Gasteiger partial charge >= 0.3 is 0 Å². The SMILES string of the molecule is Cc1ccc(CC(=O)N/N=C/c2ccccc2OC(C)C)c(C)c1. The van der Waals surface area contributed by atoms with Crippen LogP contribution in [0.2, 0.25) is 0 Å². The lowest BCUT2D eigenvalue weighted by molar-refractivity contribution is -0.120. The fourth-order valence-corrected chi connectivity index (χ4v) is 2.38. The molecular formula is C20H24N2O2. The summed E-state index contributed by atoms with van der Waals surface area (Å²) in [6.07, 6.45) is 2.00. The van der Waals surface area contributed by atoms with E-state index >= 15 is 0 Å². The van der Waals surface area contributed by atoms with Gasteiger partial charge in [0.1, 0.15) is 5.75 Å². The molecule has 4 heteroatoms. The molecule has 1 N–H and O–H groups in total. The van der Waals surface area contributed by atoms with Crippen molar-refractivity contribution >= 4 is 12.1 Å². The molecule has 126 valence electrons. The van der Waals surface area contributed by atoms with Gasteiger partial charge in [-0.1, -0.05) is 35.9 Å². The Morgan fingerprint density at radius 1 is 1.21 bits per heavy atom. The van der Waals surface area contributed by atoms with Crippen LogP contribution in [0.1, 0.15) is 36.1 Å². The van der Waals surface area contributed by atoms with E-state index in [9.17, 15) is 4.79 Å². The number of hydrogen-bond donors (Lipinski definition) is 1. The van der Waals surface area contributed by atoms with Gasteiger partial charge in [0.05, 0.1) is 18.7 Å². The van der Waals surface area contributed by atoms with E-state index in [4.69, 9.17) is 4.74 Å². The molecule has 2 aromatic rings. The van der Waals surface area contributed by atoms with Gasteiger partial charge in [0, 0.05) is 5.56 Å². The highest BCUT2D eigenvalue weighted by atomic mass is 16.5. The molecule has 0 atom stereocenters. The molecule has 0 bridgehead atoms. The summed E-state index contributed by atoms with van der Waals surface area (Å²) in [5.41, 5.74) is 6.73. The van der Waals surface area contributed by atoms with Crippen molar-refractivity contribution in [1.82, 2.24) is 5.43 Å². The van der Waals surface area contributed by atoms with Crippen molar-refractivity contribution in [2.75, 3.05) is 0 Å². The molecule has 0 saturated carbocycles. The minimum atomic E-state index is -0.138. The Morgan fingerprint density at radius 2 is 1.96 bits per heavy atom. The maximum absolute atomic E-state index is 12.0. The Hall–Kier alpha value is -2.62. The van der Waals surface area contributed by atoms with Gasteiger partial charge in [-0.3, -0.25) is 4.79 Å². The van der Waals surface area contributed by atoms with Crippen molar-refractivity contribution in [2.45, 2.75) is 40.2 Å². The van der Waals surface area contributed by atoms with Crippen molar-refractivity contribution in [3.63, 3.8) is 0 Å². The van der Waals surface area contributed by atoms with E-state index in [1.54, 1.807) is 6.21 Å². The van der Waals surface area contributed by atoms with Gasteiger partial charge in [-0.25, -0.2) is 5.43 Å². The van der Waals surface area contributed by atoms with Crippen molar-refractivity contribution in [1.29, 1.82) is 0 Å². The predicted octanol–water partition coefficient (Wildman–Crippen LogP) is 3.78. The van der Waals surface area contributed by atoms with Crippen LogP contribution >= 0.6 is 0 Å². The number of hydrazone groups is 1. The third-order valence-electron chi connectivity index (χ3n) is 3.52. The van der Waals surface area contributed by atoms with E-state index in [1.165, 1.54) is 5.56 Å². The first kappa shape index (κ1) is 17.7. The number of ether oxygens (including phenoxy) is 1. The number of nitrogens with zero attached hydrogens (tertiary/aromatic N) is 1. The normalized spacial score (nSPS) is 11.0. The van der Waals surface area contributed by atoms with Crippen LogP contribution in [0.25, 0.3) is 0 Å².